The van der Waals surface area contributed by atoms with Crippen molar-refractivity contribution in [2.45, 2.75) is 36.4 Å². The summed E-state index contributed by atoms with van der Waals surface area (Å²) in [5.74, 6) is 0. The fourth-order valence-electron chi connectivity index (χ4n) is 1.56. The Morgan fingerprint density at radius 2 is 1.17 bits per heavy atom. The van der Waals surface area contributed by atoms with Gasteiger partial charge >= 0.3 is 73.0 Å². The SMILES string of the molecule is C1=C[CH]([Co][CH]2C=CC=C2)C=C1.CCCPCCC. The van der Waals surface area contributed by atoms with Gasteiger partial charge in [0.2, 0.25) is 0 Å². The van der Waals surface area contributed by atoms with Crippen molar-refractivity contribution in [3.63, 3.8) is 0 Å². The van der Waals surface area contributed by atoms with Gasteiger partial charge in [-0.15, -0.1) is 8.58 Å². The third kappa shape index (κ3) is 7.36. The van der Waals surface area contributed by atoms with Crippen LogP contribution in [0.25, 0.3) is 0 Å². The first-order valence-electron chi connectivity index (χ1n) is 6.84. The van der Waals surface area contributed by atoms with Gasteiger partial charge in [0.05, 0.1) is 0 Å². The van der Waals surface area contributed by atoms with E-state index in [9.17, 15) is 0 Å². The van der Waals surface area contributed by atoms with Crippen molar-refractivity contribution in [1.82, 2.24) is 0 Å². The van der Waals surface area contributed by atoms with Gasteiger partial charge in [0.25, 0.3) is 0 Å². The second-order valence-corrected chi connectivity index (χ2v) is 7.47. The van der Waals surface area contributed by atoms with Gasteiger partial charge in [0.15, 0.2) is 0 Å². The van der Waals surface area contributed by atoms with Gasteiger partial charge in [-0.25, -0.2) is 0 Å². The molecule has 0 N–H and O–H groups in total. The molecule has 2 aliphatic carbocycles. The molecule has 0 radical (unpaired) electrons. The Kier molecular flexibility index (Phi) is 9.56. The molecule has 0 amide bonds. The summed E-state index contributed by atoms with van der Waals surface area (Å²) in [6.07, 6.45) is 23.1. The smallest absolute Gasteiger partial charge is 0.0356 e. The second-order valence-electron chi connectivity index (χ2n) is 4.23. The molecule has 0 aromatic carbocycles. The predicted molar refractivity (Wildman–Crippen MR) is 82.7 cm³/mol. The number of rotatable bonds is 6. The molecular formula is C16H25CoP. The van der Waals surface area contributed by atoms with Gasteiger partial charge < -0.3 is 0 Å². The summed E-state index contributed by atoms with van der Waals surface area (Å²) in [6.45, 7) is 4.51. The zero-order chi connectivity index (χ0) is 13.1. The van der Waals surface area contributed by atoms with Gasteiger partial charge in [-0.05, 0) is 12.3 Å². The van der Waals surface area contributed by atoms with Crippen LogP contribution in [0.3, 0.4) is 0 Å². The van der Waals surface area contributed by atoms with Gasteiger partial charge in [0, 0.05) is 0 Å². The Morgan fingerprint density at radius 3 is 1.50 bits per heavy atom. The molecule has 0 saturated carbocycles. The maximum Gasteiger partial charge on any atom is -0.0356 e. The monoisotopic (exact) mass is 307 g/mol. The topological polar surface area (TPSA) is 0 Å². The summed E-state index contributed by atoms with van der Waals surface area (Å²) in [6, 6.07) is 0. The van der Waals surface area contributed by atoms with Crippen molar-refractivity contribution in [3.05, 3.63) is 48.6 Å². The van der Waals surface area contributed by atoms with Gasteiger partial charge in [-0.3, -0.25) is 0 Å². The summed E-state index contributed by atoms with van der Waals surface area (Å²) in [5.41, 5.74) is 0. The number of hydrogen-bond acceptors (Lipinski definition) is 0. The van der Waals surface area contributed by atoms with Crippen molar-refractivity contribution in [1.29, 1.82) is 0 Å². The molecule has 0 aromatic rings. The van der Waals surface area contributed by atoms with Crippen LogP contribution < -0.4 is 0 Å². The fraction of sp³-hybridized carbons (Fsp3) is 0.500. The van der Waals surface area contributed by atoms with Crippen molar-refractivity contribution in [2.24, 2.45) is 0 Å². The molecule has 0 bridgehead atoms. The Morgan fingerprint density at radius 1 is 0.778 bits per heavy atom. The summed E-state index contributed by atoms with van der Waals surface area (Å²) < 4.78 is 0. The summed E-state index contributed by atoms with van der Waals surface area (Å²) in [5, 5.41) is 0. The number of allylic oxidation sites excluding steroid dienone is 8. The Hall–Kier alpha value is -0.104. The Bertz CT molecular complexity index is 261. The molecular weight excluding hydrogens is 282 g/mol. The molecule has 0 nitrogen and oxygen atoms in total. The van der Waals surface area contributed by atoms with Crippen molar-refractivity contribution >= 4 is 8.58 Å². The third-order valence-electron chi connectivity index (χ3n) is 2.48. The predicted octanol–water partition coefficient (Wildman–Crippen LogP) is 5.38. The molecule has 0 unspecified atom stereocenters. The van der Waals surface area contributed by atoms with Crippen LogP contribution in [0.4, 0.5) is 0 Å². The van der Waals surface area contributed by atoms with Crippen LogP contribution in [0, 0.1) is 0 Å². The van der Waals surface area contributed by atoms with Crippen LogP contribution in [-0.2, 0) is 14.7 Å². The molecule has 18 heavy (non-hydrogen) atoms. The van der Waals surface area contributed by atoms with Crippen molar-refractivity contribution < 1.29 is 14.7 Å². The minimum absolute atomic E-state index is 0.642. The van der Waals surface area contributed by atoms with E-state index in [1.807, 2.05) is 0 Å². The standard InChI is InChI=1S/C6H15P.2C5H5.Co/c1-3-5-7-6-4-2;2*1-2-4-5-3-1;/h7H,3-6H2,1-2H3;2*1-5H;. The van der Waals surface area contributed by atoms with E-state index in [0.717, 1.165) is 0 Å². The largest absolute Gasteiger partial charge is 0.122 e. The van der Waals surface area contributed by atoms with Crippen molar-refractivity contribution in [2.75, 3.05) is 12.3 Å². The number of hydrogen-bond donors (Lipinski definition) is 0. The van der Waals surface area contributed by atoms with E-state index in [-0.39, 0.29) is 0 Å². The first kappa shape index (κ1) is 16.0. The average Bonchev–Trinajstić information content (AvgIpc) is 3.05. The van der Waals surface area contributed by atoms with Gasteiger partial charge in [-0.1, -0.05) is 26.7 Å². The minimum Gasteiger partial charge on any atom is -0.122 e. The summed E-state index contributed by atoms with van der Waals surface area (Å²) in [7, 11) is 1.23. The average molecular weight is 307 g/mol. The fourth-order valence-corrected chi connectivity index (χ4v) is 3.91. The van der Waals surface area contributed by atoms with E-state index in [2.05, 4.69) is 62.5 Å². The Labute approximate surface area is 120 Å². The van der Waals surface area contributed by atoms with Crippen LogP contribution in [0.15, 0.2) is 48.6 Å². The van der Waals surface area contributed by atoms with E-state index in [0.29, 0.717) is 9.70 Å². The molecule has 2 heteroatoms. The second kappa shape index (κ2) is 10.8. The van der Waals surface area contributed by atoms with Crippen molar-refractivity contribution in [3.8, 4) is 0 Å². The molecule has 2 rings (SSSR count). The minimum atomic E-state index is 0.642. The van der Waals surface area contributed by atoms with E-state index in [1.165, 1.54) is 48.4 Å². The first-order valence-corrected chi connectivity index (χ1v) is 9.46. The third-order valence-corrected chi connectivity index (χ3v) is 5.79. The zero-order valence-electron chi connectivity index (χ0n) is 11.4. The molecule has 0 saturated heterocycles. The van der Waals surface area contributed by atoms with E-state index in [4.69, 9.17) is 0 Å². The molecule has 2 aliphatic rings. The maximum absolute atomic E-state index is 2.25. The summed E-state index contributed by atoms with van der Waals surface area (Å²) >= 11 is 1.51. The molecule has 0 atom stereocenters. The zero-order valence-corrected chi connectivity index (χ0v) is 13.5. The van der Waals surface area contributed by atoms with Gasteiger partial charge in [-0.2, -0.15) is 0 Å². The maximum atomic E-state index is 2.25. The summed E-state index contributed by atoms with van der Waals surface area (Å²) in [4.78, 5) is 1.28. The van der Waals surface area contributed by atoms with E-state index in [1.54, 1.807) is 0 Å². The van der Waals surface area contributed by atoms with Crippen LogP contribution >= 0.6 is 8.58 Å². The van der Waals surface area contributed by atoms with E-state index < -0.39 is 0 Å². The normalized spacial score (nSPS) is 17.7. The van der Waals surface area contributed by atoms with Crippen LogP contribution in [0.1, 0.15) is 26.7 Å². The quantitative estimate of drug-likeness (QED) is 0.456. The Balaban J connectivity index is 0.000000203. The van der Waals surface area contributed by atoms with Gasteiger partial charge in [0.1, 0.15) is 0 Å². The molecule has 0 aliphatic heterocycles. The van der Waals surface area contributed by atoms with E-state index >= 15 is 0 Å². The van der Waals surface area contributed by atoms with Crippen LogP contribution in [0.2, 0.25) is 9.70 Å². The first-order chi connectivity index (χ1) is 8.86. The molecule has 0 aromatic heterocycles. The molecule has 0 heterocycles. The molecule has 0 fully saturated rings. The van der Waals surface area contributed by atoms with Crippen LogP contribution in [0.5, 0.6) is 0 Å². The molecule has 103 valence electrons. The molecule has 0 spiro atoms. The van der Waals surface area contributed by atoms with Crippen LogP contribution in [-0.4, -0.2) is 12.3 Å².